The number of anilines is 8. The fourth-order valence-electron chi connectivity index (χ4n) is 17.8. The Kier molecular flexibility index (Phi) is 42.1. The van der Waals surface area contributed by atoms with Crippen LogP contribution in [0.1, 0.15) is 222 Å². The van der Waals surface area contributed by atoms with Crippen LogP contribution >= 0.6 is 11.6 Å². The van der Waals surface area contributed by atoms with E-state index in [1.807, 2.05) is 36.4 Å². The molecule has 814 valence electrons. The number of hydrogen-bond donors (Lipinski definition) is 10. The number of halogens is 2. The maximum atomic E-state index is 13.7. The molecular formula is C101H163ClFN19O18S5. The topological polar surface area (TPSA) is 443 Å². The van der Waals surface area contributed by atoms with Gasteiger partial charge in [-0.05, 0) is 309 Å². The van der Waals surface area contributed by atoms with Crippen molar-refractivity contribution in [3.05, 3.63) is 114 Å². The van der Waals surface area contributed by atoms with E-state index in [0.717, 1.165) is 56.5 Å². The second-order valence-electron chi connectivity index (χ2n) is 44.7. The Morgan fingerprint density at radius 1 is 0.338 bits per heavy atom. The van der Waals surface area contributed by atoms with E-state index < -0.39 is 79.7 Å². The summed E-state index contributed by atoms with van der Waals surface area (Å²) in [5, 5.41) is 14.7. The molecule has 8 aliphatic rings. The molecule has 0 aliphatic carbocycles. The van der Waals surface area contributed by atoms with Crippen LogP contribution in [0, 0.1) is 29.5 Å². The number of ether oxygens (including phenoxy) is 3. The van der Waals surface area contributed by atoms with Gasteiger partial charge >= 0.3 is 30.2 Å². The molecule has 8 saturated heterocycles. The van der Waals surface area contributed by atoms with Crippen LogP contribution in [-0.2, 0) is 54.9 Å². The number of methoxy groups -OCH3 is 2. The average Bonchev–Trinajstić information content (AvgIpc) is 0.820. The van der Waals surface area contributed by atoms with Crippen LogP contribution in [0.2, 0.25) is 5.02 Å². The highest BCUT2D eigenvalue weighted by atomic mass is 35.5. The van der Waals surface area contributed by atoms with Gasteiger partial charge in [-0.2, -0.15) is 0 Å². The number of amides is 10. The number of hydrogen-bond acceptors (Lipinski definition) is 22. The molecule has 5 aromatic rings. The van der Waals surface area contributed by atoms with E-state index in [0.29, 0.717) is 181 Å². The van der Waals surface area contributed by atoms with Crippen molar-refractivity contribution < 1.29 is 84.7 Å². The van der Waals surface area contributed by atoms with Crippen molar-refractivity contribution in [2.45, 2.75) is 289 Å². The van der Waals surface area contributed by atoms with Gasteiger partial charge in [-0.15, -0.1) is 0 Å². The lowest BCUT2D eigenvalue weighted by Gasteiger charge is -2.36. The Bertz CT molecular complexity index is 5190. The van der Waals surface area contributed by atoms with Crippen molar-refractivity contribution in [3.8, 4) is 11.5 Å². The quantitative estimate of drug-likeness (QED) is 0.0346. The van der Waals surface area contributed by atoms with Crippen molar-refractivity contribution >= 4 is 138 Å². The Balaban J connectivity index is 0.000000202. The third-order valence-electron chi connectivity index (χ3n) is 26.8. The molecule has 0 unspecified atom stereocenters. The summed E-state index contributed by atoms with van der Waals surface area (Å²) in [6.07, 6.45) is 10.4. The molecular weight excluding hydrogens is 1980 g/mol. The number of benzene rings is 4. The van der Waals surface area contributed by atoms with Gasteiger partial charge in [-0.3, -0.25) is 0 Å². The lowest BCUT2D eigenvalue weighted by molar-refractivity contribution is -0.00547. The van der Waals surface area contributed by atoms with Gasteiger partial charge in [0, 0.05) is 175 Å². The fourth-order valence-corrected chi connectivity index (χ4v) is 23.2. The van der Waals surface area contributed by atoms with Crippen molar-refractivity contribution in [1.82, 2.24) is 53.1 Å². The smallest absolute Gasteiger partial charge is 0.321 e. The third-order valence-corrected chi connectivity index (χ3v) is 38.4. The van der Waals surface area contributed by atoms with Gasteiger partial charge in [-0.1, -0.05) is 39.3 Å². The van der Waals surface area contributed by atoms with Crippen molar-refractivity contribution in [2.75, 3.05) is 160 Å². The predicted molar refractivity (Wildman–Crippen MR) is 578 cm³/mol. The second kappa shape index (κ2) is 51.1. The molecule has 9 heterocycles. The normalized spacial score (nSPS) is 21.1. The molecule has 8 fully saturated rings. The molecule has 10 N–H and O–H groups in total. The molecule has 145 heavy (non-hydrogen) atoms. The number of aromatic nitrogens is 1. The van der Waals surface area contributed by atoms with E-state index in [9.17, 15) is 70.5 Å². The summed E-state index contributed by atoms with van der Waals surface area (Å²) >= 11 is 6.06. The molecule has 37 nitrogen and oxygen atoms in total. The SMILES string of the molecule is COc1ccc(NC(=O)N2CCC(NS(=O)(=O)C(C)(C)C)CC2)cc1Cl.COc1ccc(NC(=O)N2CCC(NS(=O)(=O)C(C)(C)C)CC2)cc1F.C[C@@H]1CN(c2ccc(NC(=O)N3CCC(NS(=O)(=O)C(C)(C)C)CC3)cn2)C[C@H](C)O1.C[C@@H]1C[C@@H](C)CN(c2ccc(NC(=O)N3CCC(NS(=O)(=O)C(C)(C)C)CC3)cc2)C1.C[C@@H]1C[C@H](C)CN(c2ccc(NC(=O)N3CCC(NS(=O)(=O)C(C)(C)C)CC3)cc2)C1. The first kappa shape index (κ1) is 120. The number of carbonyl (C=O) groups is 5. The Hall–Kier alpha value is -8.89. The summed E-state index contributed by atoms with van der Waals surface area (Å²) in [4.78, 5) is 82.6. The molecule has 4 aromatic carbocycles. The number of pyridine rings is 1. The van der Waals surface area contributed by atoms with Gasteiger partial charge < -0.3 is 80.0 Å². The van der Waals surface area contributed by atoms with Gasteiger partial charge in [0.1, 0.15) is 11.6 Å². The first-order valence-electron chi connectivity index (χ1n) is 50.5. The van der Waals surface area contributed by atoms with Crippen LogP contribution in [-0.4, -0.2) is 287 Å². The summed E-state index contributed by atoms with van der Waals surface area (Å²) < 4.78 is 162. The summed E-state index contributed by atoms with van der Waals surface area (Å²) in [5.74, 6) is 3.73. The number of morpholine rings is 1. The lowest BCUT2D eigenvalue weighted by atomic mass is 9.91. The molecule has 0 saturated carbocycles. The van der Waals surface area contributed by atoms with Crippen LogP contribution in [0.25, 0.3) is 0 Å². The van der Waals surface area contributed by atoms with Crippen LogP contribution in [0.15, 0.2) is 103 Å². The van der Waals surface area contributed by atoms with E-state index in [1.165, 1.54) is 50.6 Å². The maximum Gasteiger partial charge on any atom is 0.321 e. The van der Waals surface area contributed by atoms with Gasteiger partial charge in [0.15, 0.2) is 11.6 Å². The largest absolute Gasteiger partial charge is 0.495 e. The van der Waals surface area contributed by atoms with Crippen LogP contribution < -0.4 is 74.4 Å². The van der Waals surface area contributed by atoms with E-state index in [1.54, 1.807) is 159 Å². The first-order valence-corrected chi connectivity index (χ1v) is 58.3. The maximum absolute atomic E-state index is 13.7. The van der Waals surface area contributed by atoms with Crippen molar-refractivity contribution in [1.29, 1.82) is 0 Å². The van der Waals surface area contributed by atoms with Crippen molar-refractivity contribution in [2.24, 2.45) is 23.7 Å². The molecule has 44 heteroatoms. The fraction of sp³-hybridized carbons (Fsp3) is 0.663. The van der Waals surface area contributed by atoms with E-state index in [4.69, 9.17) is 25.8 Å². The highest BCUT2D eigenvalue weighted by Crippen LogP contribution is 2.35. The van der Waals surface area contributed by atoms with Gasteiger partial charge in [0.05, 0.1) is 67.1 Å². The zero-order valence-corrected chi connectivity index (χ0v) is 94.0. The number of carbonyl (C=O) groups excluding carboxylic acids is 5. The molecule has 0 radical (unpaired) electrons. The van der Waals surface area contributed by atoms with Gasteiger partial charge in [-0.25, -0.2) is 99.0 Å². The monoisotopic (exact) mass is 2140 g/mol. The molecule has 0 bridgehead atoms. The minimum Gasteiger partial charge on any atom is -0.495 e. The summed E-state index contributed by atoms with van der Waals surface area (Å²) in [7, 11) is -14.1. The first-order chi connectivity index (χ1) is 67.4. The zero-order chi connectivity index (χ0) is 108. The number of urea groups is 5. The summed E-state index contributed by atoms with van der Waals surface area (Å²) in [6.45, 7) is 49.2. The highest BCUT2D eigenvalue weighted by Gasteiger charge is 2.41. The molecule has 8 aliphatic heterocycles. The number of likely N-dealkylation sites (tertiary alicyclic amines) is 5. The minimum atomic E-state index is -3.42. The van der Waals surface area contributed by atoms with Crippen LogP contribution in [0.5, 0.6) is 11.5 Å². The predicted octanol–water partition coefficient (Wildman–Crippen LogP) is 15.8. The number of nitrogens with one attached hydrogen (secondary N) is 10. The van der Waals surface area contributed by atoms with Crippen LogP contribution in [0.4, 0.5) is 74.0 Å². The van der Waals surface area contributed by atoms with E-state index in [2.05, 4.69) is 136 Å². The number of nitrogens with zero attached hydrogens (tertiary/aromatic N) is 9. The van der Waals surface area contributed by atoms with Crippen LogP contribution in [0.3, 0.4) is 0 Å². The molecule has 1 aromatic heterocycles. The number of sulfonamides is 5. The summed E-state index contributed by atoms with van der Waals surface area (Å²) in [5.41, 5.74) is 5.51. The molecule has 13 rings (SSSR count). The zero-order valence-electron chi connectivity index (χ0n) is 89.1. The molecule has 0 spiro atoms. The van der Waals surface area contributed by atoms with E-state index in [-0.39, 0.29) is 78.3 Å². The number of piperidine rings is 7. The average molecular weight is 2150 g/mol. The van der Waals surface area contributed by atoms with E-state index >= 15 is 0 Å². The highest BCUT2D eigenvalue weighted by molar-refractivity contribution is 7.92. The third kappa shape index (κ3) is 35.7. The molecule has 10 amide bonds. The Morgan fingerprint density at radius 2 is 0.579 bits per heavy atom. The Labute approximate surface area is 867 Å². The Morgan fingerprint density at radius 3 is 0.821 bits per heavy atom. The van der Waals surface area contributed by atoms with Gasteiger partial charge in [0.25, 0.3) is 0 Å². The van der Waals surface area contributed by atoms with Crippen molar-refractivity contribution in [3.63, 3.8) is 0 Å². The number of rotatable bonds is 20. The summed E-state index contributed by atoms with van der Waals surface area (Å²) in [6, 6.07) is 27.4. The van der Waals surface area contributed by atoms with Gasteiger partial charge in [0.2, 0.25) is 50.1 Å². The molecule has 6 atom stereocenters. The standard InChI is InChI=1S/2C23H38N4O3S.C21H35N5O4S.C17H26ClN3O4S.C17H26FN3O4S/c2*1-17-14-18(2)16-27(15-17)21-8-6-19(7-9-21)24-22(28)26-12-10-20(11-13-26)25-31(29,30)23(3,4)5;1-15-13-26(14-16(2)30-15)19-7-6-18(12-22-19)23-20(27)25-10-8-17(9-11-25)24-31(28,29)21(3,4)5;2*1-17(2,3)26(23,24)20-12-7-9-21(10-8-12)16(22)19-13-5-6-15(25-4)14(18)11-13/h2*6-9,17-18,20,25H,10-16H2,1-5H3,(H,24,28);6-7,12,15-17,24H,8-11,13-14H2,1-5H3,(H,23,27);2*5-6,11-12,20H,7-10H2,1-4H3,(H,19,22)/t17-,18+;17-,18-;15-,16+;;/m.1.../s1. The second-order valence-corrected chi connectivity index (χ2v) is 57.4. The minimum absolute atomic E-state index is 0.106. The lowest BCUT2D eigenvalue weighted by Crippen LogP contribution is -2.50.